The molecule has 0 bridgehead atoms. The van der Waals surface area contributed by atoms with Crippen molar-refractivity contribution < 1.29 is 9.26 Å². The van der Waals surface area contributed by atoms with Gasteiger partial charge in [0.15, 0.2) is 5.58 Å². The van der Waals surface area contributed by atoms with Crippen LogP contribution < -0.4 is 10.3 Å². The Labute approximate surface area is 125 Å². The number of hydrogen-bond donors (Lipinski definition) is 0. The highest BCUT2D eigenvalue weighted by atomic mass is 16.5. The van der Waals surface area contributed by atoms with Crippen molar-refractivity contribution in [3.63, 3.8) is 0 Å². The summed E-state index contributed by atoms with van der Waals surface area (Å²) in [6, 6.07) is 14.7. The third kappa shape index (κ3) is 1.79. The molecule has 0 aliphatic rings. The molecule has 0 spiro atoms. The Morgan fingerprint density at radius 1 is 1.09 bits per heavy atom. The number of fused-ring (bicyclic) bond motifs is 3. The molecule has 0 atom stereocenters. The average Bonchev–Trinajstić information content (AvgIpc) is 2.92. The molecule has 0 unspecified atom stereocenters. The summed E-state index contributed by atoms with van der Waals surface area (Å²) in [5.41, 5.74) is 1.72. The fraction of sp³-hybridized carbons (Fsp3) is 0.0588. The zero-order chi connectivity index (χ0) is 15.1. The van der Waals surface area contributed by atoms with Crippen molar-refractivity contribution in [2.24, 2.45) is 0 Å². The third-order valence-electron chi connectivity index (χ3n) is 3.62. The summed E-state index contributed by atoms with van der Waals surface area (Å²) >= 11 is 0. The molecule has 4 aromatic rings. The molecule has 5 heteroatoms. The van der Waals surface area contributed by atoms with Crippen LogP contribution in [-0.4, -0.2) is 16.8 Å². The second-order valence-corrected chi connectivity index (χ2v) is 4.91. The maximum atomic E-state index is 12.5. The molecule has 0 saturated carbocycles. The first kappa shape index (κ1) is 12.6. The van der Waals surface area contributed by atoms with Gasteiger partial charge in [0, 0.05) is 17.6 Å². The zero-order valence-electron chi connectivity index (χ0n) is 11.8. The lowest BCUT2D eigenvalue weighted by molar-refractivity contribution is 0.370. The Morgan fingerprint density at radius 2 is 1.91 bits per heavy atom. The summed E-state index contributed by atoms with van der Waals surface area (Å²) in [5.74, 6) is 0.712. The molecule has 0 aliphatic heterocycles. The van der Waals surface area contributed by atoms with Gasteiger partial charge < -0.3 is 9.26 Å². The maximum Gasteiger partial charge on any atom is 0.296 e. The van der Waals surface area contributed by atoms with Crippen molar-refractivity contribution >= 4 is 21.9 Å². The Balaban J connectivity index is 2.05. The van der Waals surface area contributed by atoms with Crippen molar-refractivity contribution in [3.8, 4) is 11.4 Å². The van der Waals surface area contributed by atoms with Gasteiger partial charge in [0.2, 0.25) is 0 Å². The number of hydrogen-bond acceptors (Lipinski definition) is 4. The second kappa shape index (κ2) is 4.73. The fourth-order valence-corrected chi connectivity index (χ4v) is 2.50. The standard InChI is InChI=1S/C17H12N2O3/c1-21-12-7-8-13-15(9-12)18-10-14-16(13)22-19(17(14)20)11-5-3-2-4-6-11/h2-10H,1H3. The van der Waals surface area contributed by atoms with Gasteiger partial charge in [-0.3, -0.25) is 9.78 Å². The summed E-state index contributed by atoms with van der Waals surface area (Å²) in [5, 5.41) is 1.24. The van der Waals surface area contributed by atoms with Crippen LogP contribution in [0.25, 0.3) is 27.6 Å². The van der Waals surface area contributed by atoms with Crippen LogP contribution in [0.5, 0.6) is 5.75 Å². The maximum absolute atomic E-state index is 12.5. The smallest absolute Gasteiger partial charge is 0.296 e. The number of nitrogens with zero attached hydrogens (tertiary/aromatic N) is 2. The highest BCUT2D eigenvalue weighted by Gasteiger charge is 2.14. The van der Waals surface area contributed by atoms with E-state index >= 15 is 0 Å². The van der Waals surface area contributed by atoms with Gasteiger partial charge >= 0.3 is 0 Å². The number of aromatic nitrogens is 2. The van der Waals surface area contributed by atoms with Gasteiger partial charge in [-0.05, 0) is 24.3 Å². The van der Waals surface area contributed by atoms with Crippen molar-refractivity contribution in [3.05, 3.63) is 65.1 Å². The minimum atomic E-state index is -0.216. The molecular weight excluding hydrogens is 280 g/mol. The SMILES string of the molecule is COc1ccc2c(c1)ncc1c(=O)n(-c3ccccc3)oc12. The molecule has 0 aliphatic carbocycles. The fourth-order valence-electron chi connectivity index (χ4n) is 2.50. The predicted octanol–water partition coefficient (Wildman–Crippen LogP) is 3.14. The number of ether oxygens (including phenoxy) is 1. The Morgan fingerprint density at radius 3 is 2.68 bits per heavy atom. The van der Waals surface area contributed by atoms with Crippen LogP contribution in [0.4, 0.5) is 0 Å². The Bertz CT molecular complexity index is 1030. The number of para-hydroxylation sites is 1. The van der Waals surface area contributed by atoms with Crippen LogP contribution in [0.3, 0.4) is 0 Å². The van der Waals surface area contributed by atoms with E-state index in [4.69, 9.17) is 9.26 Å². The highest BCUT2D eigenvalue weighted by Crippen LogP contribution is 2.26. The van der Waals surface area contributed by atoms with E-state index in [0.717, 1.165) is 10.9 Å². The van der Waals surface area contributed by atoms with Gasteiger partial charge in [-0.1, -0.05) is 18.2 Å². The van der Waals surface area contributed by atoms with Gasteiger partial charge in [0.1, 0.15) is 11.1 Å². The number of pyridine rings is 1. The third-order valence-corrected chi connectivity index (χ3v) is 3.62. The average molecular weight is 292 g/mol. The van der Waals surface area contributed by atoms with E-state index in [-0.39, 0.29) is 5.56 Å². The molecule has 0 N–H and O–H groups in total. The van der Waals surface area contributed by atoms with Crippen molar-refractivity contribution in [1.82, 2.24) is 9.72 Å². The molecule has 22 heavy (non-hydrogen) atoms. The highest BCUT2D eigenvalue weighted by molar-refractivity contribution is 6.01. The van der Waals surface area contributed by atoms with Crippen LogP contribution >= 0.6 is 0 Å². The molecule has 2 aromatic carbocycles. The number of rotatable bonds is 2. The molecule has 0 fully saturated rings. The van der Waals surface area contributed by atoms with Crippen LogP contribution in [-0.2, 0) is 0 Å². The summed E-state index contributed by atoms with van der Waals surface area (Å²) in [6.07, 6.45) is 1.54. The normalized spacial score (nSPS) is 11.1. The van der Waals surface area contributed by atoms with Gasteiger partial charge in [-0.25, -0.2) is 0 Å². The molecular formula is C17H12N2O3. The predicted molar refractivity (Wildman–Crippen MR) is 83.7 cm³/mol. The first-order chi connectivity index (χ1) is 10.8. The Hall–Kier alpha value is -3.08. The molecule has 2 heterocycles. The molecule has 0 radical (unpaired) electrons. The lowest BCUT2D eigenvalue weighted by atomic mass is 10.2. The van der Waals surface area contributed by atoms with Gasteiger partial charge in [-0.2, -0.15) is 0 Å². The van der Waals surface area contributed by atoms with Crippen LogP contribution in [0.1, 0.15) is 0 Å². The summed E-state index contributed by atoms with van der Waals surface area (Å²) in [4.78, 5) is 16.8. The molecule has 108 valence electrons. The van der Waals surface area contributed by atoms with E-state index < -0.39 is 0 Å². The quantitative estimate of drug-likeness (QED) is 0.569. The first-order valence-corrected chi connectivity index (χ1v) is 6.82. The van der Waals surface area contributed by atoms with E-state index in [1.54, 1.807) is 13.3 Å². The van der Waals surface area contributed by atoms with E-state index in [0.29, 0.717) is 22.4 Å². The van der Waals surface area contributed by atoms with Crippen molar-refractivity contribution in [1.29, 1.82) is 0 Å². The van der Waals surface area contributed by atoms with Crippen molar-refractivity contribution in [2.75, 3.05) is 7.11 Å². The van der Waals surface area contributed by atoms with Crippen LogP contribution in [0, 0.1) is 0 Å². The van der Waals surface area contributed by atoms with E-state index in [9.17, 15) is 4.79 Å². The summed E-state index contributed by atoms with van der Waals surface area (Å²) in [7, 11) is 1.60. The number of methoxy groups -OCH3 is 1. The van der Waals surface area contributed by atoms with Crippen LogP contribution in [0.2, 0.25) is 0 Å². The van der Waals surface area contributed by atoms with E-state index in [1.807, 2.05) is 48.5 Å². The minimum absolute atomic E-state index is 0.216. The largest absolute Gasteiger partial charge is 0.497 e. The topological polar surface area (TPSA) is 57.3 Å². The Kier molecular flexibility index (Phi) is 2.72. The summed E-state index contributed by atoms with van der Waals surface area (Å²) < 4.78 is 12.3. The van der Waals surface area contributed by atoms with Crippen molar-refractivity contribution in [2.45, 2.75) is 0 Å². The van der Waals surface area contributed by atoms with E-state index in [2.05, 4.69) is 4.98 Å². The zero-order valence-corrected chi connectivity index (χ0v) is 11.8. The number of benzene rings is 2. The monoisotopic (exact) mass is 292 g/mol. The van der Waals surface area contributed by atoms with E-state index in [1.165, 1.54) is 4.74 Å². The van der Waals surface area contributed by atoms with Gasteiger partial charge in [-0.15, -0.1) is 4.74 Å². The molecule has 0 amide bonds. The molecule has 5 nitrogen and oxygen atoms in total. The van der Waals surface area contributed by atoms with Gasteiger partial charge in [0.25, 0.3) is 5.56 Å². The first-order valence-electron chi connectivity index (χ1n) is 6.82. The van der Waals surface area contributed by atoms with Gasteiger partial charge in [0.05, 0.1) is 18.3 Å². The molecule has 4 rings (SSSR count). The molecule has 0 saturated heterocycles. The lowest BCUT2D eigenvalue weighted by Crippen LogP contribution is -2.11. The lowest BCUT2D eigenvalue weighted by Gasteiger charge is -2.01. The second-order valence-electron chi connectivity index (χ2n) is 4.91. The minimum Gasteiger partial charge on any atom is -0.497 e. The molecule has 2 aromatic heterocycles. The van der Waals surface area contributed by atoms with Crippen LogP contribution in [0.15, 0.2) is 64.0 Å². The summed E-state index contributed by atoms with van der Waals surface area (Å²) in [6.45, 7) is 0.